The number of halogens is 2. The van der Waals surface area contributed by atoms with Crippen LogP contribution < -0.4 is 5.32 Å². The van der Waals surface area contributed by atoms with Crippen LogP contribution in [0.2, 0.25) is 5.02 Å². The summed E-state index contributed by atoms with van der Waals surface area (Å²) in [4.78, 5) is 11.8. The second kappa shape index (κ2) is 7.74. The van der Waals surface area contributed by atoms with Gasteiger partial charge in [0.2, 0.25) is 0 Å². The molecule has 0 aliphatic rings. The first-order valence-corrected chi connectivity index (χ1v) is 6.62. The molecule has 0 radical (unpaired) electrons. The fourth-order valence-corrected chi connectivity index (χ4v) is 1.86. The van der Waals surface area contributed by atoms with Gasteiger partial charge >= 0.3 is 0 Å². The summed E-state index contributed by atoms with van der Waals surface area (Å²) in [5.74, 6) is -0.197. The lowest BCUT2D eigenvalue weighted by atomic mass is 10.2. The number of methoxy groups -OCH3 is 1. The van der Waals surface area contributed by atoms with Gasteiger partial charge in [-0.3, -0.25) is 4.79 Å². The number of aliphatic hydroxyl groups excluding tert-OH is 1. The summed E-state index contributed by atoms with van der Waals surface area (Å²) in [6.45, 7) is 0.659. The molecule has 18 heavy (non-hydrogen) atoms. The van der Waals surface area contributed by atoms with Gasteiger partial charge in [-0.05, 0) is 40.5 Å². The van der Waals surface area contributed by atoms with Gasteiger partial charge in [0.25, 0.3) is 5.91 Å². The van der Waals surface area contributed by atoms with Gasteiger partial charge in [0.1, 0.15) is 0 Å². The first kappa shape index (κ1) is 15.4. The van der Waals surface area contributed by atoms with E-state index in [4.69, 9.17) is 16.3 Å². The largest absolute Gasteiger partial charge is 0.391 e. The van der Waals surface area contributed by atoms with E-state index in [2.05, 4.69) is 21.2 Å². The van der Waals surface area contributed by atoms with Gasteiger partial charge in [0, 0.05) is 23.7 Å². The van der Waals surface area contributed by atoms with Gasteiger partial charge < -0.3 is 15.2 Å². The predicted octanol–water partition coefficient (Wildman–Crippen LogP) is 2.23. The van der Waals surface area contributed by atoms with E-state index < -0.39 is 6.10 Å². The molecule has 1 atom stereocenters. The van der Waals surface area contributed by atoms with Crippen LogP contribution in [0, 0.1) is 0 Å². The number of amides is 1. The molecular weight excluding hydrogens is 321 g/mol. The van der Waals surface area contributed by atoms with Crippen molar-refractivity contribution < 1.29 is 14.6 Å². The molecule has 0 heterocycles. The SMILES string of the molecule is COCC(O)CCNC(=O)c1ccc(Cl)c(Br)c1. The molecule has 0 saturated heterocycles. The average molecular weight is 337 g/mol. The minimum absolute atomic E-state index is 0.197. The molecule has 100 valence electrons. The highest BCUT2D eigenvalue weighted by Gasteiger charge is 2.08. The zero-order chi connectivity index (χ0) is 13.5. The van der Waals surface area contributed by atoms with E-state index >= 15 is 0 Å². The summed E-state index contributed by atoms with van der Waals surface area (Å²) in [7, 11) is 1.52. The van der Waals surface area contributed by atoms with Gasteiger partial charge in [-0.15, -0.1) is 0 Å². The van der Waals surface area contributed by atoms with Crippen LogP contribution in [0.25, 0.3) is 0 Å². The Balaban J connectivity index is 2.43. The molecule has 1 aromatic carbocycles. The van der Waals surface area contributed by atoms with Gasteiger partial charge in [-0.25, -0.2) is 0 Å². The molecule has 4 nitrogen and oxygen atoms in total. The summed E-state index contributed by atoms with van der Waals surface area (Å²) in [6.07, 6.45) is -0.110. The topological polar surface area (TPSA) is 58.6 Å². The van der Waals surface area contributed by atoms with Crippen LogP contribution in [-0.4, -0.2) is 37.4 Å². The van der Waals surface area contributed by atoms with Crippen LogP contribution >= 0.6 is 27.5 Å². The fraction of sp³-hybridized carbons (Fsp3) is 0.417. The number of rotatable bonds is 6. The molecule has 0 aromatic heterocycles. The van der Waals surface area contributed by atoms with Crippen LogP contribution in [0.1, 0.15) is 16.8 Å². The minimum Gasteiger partial charge on any atom is -0.391 e. The molecule has 1 aromatic rings. The number of hydrogen-bond acceptors (Lipinski definition) is 3. The number of benzene rings is 1. The first-order valence-electron chi connectivity index (χ1n) is 5.45. The highest BCUT2D eigenvalue weighted by Crippen LogP contribution is 2.23. The molecule has 1 unspecified atom stereocenters. The third-order valence-corrected chi connectivity index (χ3v) is 3.52. The Labute approximate surface area is 119 Å². The normalized spacial score (nSPS) is 12.2. The molecule has 6 heteroatoms. The quantitative estimate of drug-likeness (QED) is 0.837. The summed E-state index contributed by atoms with van der Waals surface area (Å²) in [5.41, 5.74) is 0.521. The summed E-state index contributed by atoms with van der Waals surface area (Å²) < 4.78 is 5.47. The van der Waals surface area contributed by atoms with E-state index in [1.807, 2.05) is 0 Å². The Morgan fingerprint density at radius 3 is 2.94 bits per heavy atom. The van der Waals surface area contributed by atoms with E-state index in [0.29, 0.717) is 28.0 Å². The third-order valence-electron chi connectivity index (χ3n) is 2.30. The Morgan fingerprint density at radius 2 is 2.33 bits per heavy atom. The van der Waals surface area contributed by atoms with E-state index in [1.54, 1.807) is 18.2 Å². The minimum atomic E-state index is -0.563. The zero-order valence-corrected chi connectivity index (χ0v) is 12.3. The third kappa shape index (κ3) is 4.94. The molecule has 0 fully saturated rings. The van der Waals surface area contributed by atoms with Crippen molar-refractivity contribution in [1.29, 1.82) is 0 Å². The van der Waals surface area contributed by atoms with Crippen molar-refractivity contribution in [1.82, 2.24) is 5.32 Å². The Bertz CT molecular complexity index is 414. The van der Waals surface area contributed by atoms with Gasteiger partial charge in [-0.2, -0.15) is 0 Å². The standard InChI is InChI=1S/C12H15BrClNO3/c1-18-7-9(16)4-5-15-12(17)8-2-3-11(14)10(13)6-8/h2-3,6,9,16H,4-5,7H2,1H3,(H,15,17). The molecule has 0 spiro atoms. The van der Waals surface area contributed by atoms with Crippen LogP contribution in [0.15, 0.2) is 22.7 Å². The molecule has 1 rings (SSSR count). The summed E-state index contributed by atoms with van der Waals surface area (Å²) in [6, 6.07) is 4.96. The fourth-order valence-electron chi connectivity index (χ4n) is 1.37. The van der Waals surface area contributed by atoms with Gasteiger partial charge in [0.05, 0.1) is 17.7 Å². The van der Waals surface area contributed by atoms with Crippen molar-refractivity contribution in [2.75, 3.05) is 20.3 Å². The van der Waals surface area contributed by atoms with E-state index in [9.17, 15) is 9.90 Å². The van der Waals surface area contributed by atoms with Crippen molar-refractivity contribution in [3.8, 4) is 0 Å². The highest BCUT2D eigenvalue weighted by molar-refractivity contribution is 9.10. The lowest BCUT2D eigenvalue weighted by Crippen LogP contribution is -2.28. The van der Waals surface area contributed by atoms with Crippen molar-refractivity contribution >= 4 is 33.4 Å². The lowest BCUT2D eigenvalue weighted by molar-refractivity contribution is 0.0587. The van der Waals surface area contributed by atoms with Gasteiger partial charge in [0.15, 0.2) is 0 Å². The Hall–Kier alpha value is -0.620. The predicted molar refractivity (Wildman–Crippen MR) is 74.0 cm³/mol. The molecule has 0 aliphatic heterocycles. The first-order chi connectivity index (χ1) is 8.54. The maximum Gasteiger partial charge on any atom is 0.251 e. The van der Waals surface area contributed by atoms with E-state index in [0.717, 1.165) is 0 Å². The smallest absolute Gasteiger partial charge is 0.251 e. The molecular formula is C12H15BrClNO3. The Morgan fingerprint density at radius 1 is 1.61 bits per heavy atom. The average Bonchev–Trinajstić information content (AvgIpc) is 2.33. The van der Waals surface area contributed by atoms with Crippen LogP contribution in [-0.2, 0) is 4.74 Å². The highest BCUT2D eigenvalue weighted by atomic mass is 79.9. The van der Waals surface area contributed by atoms with Crippen molar-refractivity contribution in [3.63, 3.8) is 0 Å². The molecule has 0 bridgehead atoms. The van der Waals surface area contributed by atoms with Crippen molar-refractivity contribution in [2.45, 2.75) is 12.5 Å². The van der Waals surface area contributed by atoms with Crippen LogP contribution in [0.4, 0.5) is 0 Å². The number of ether oxygens (including phenoxy) is 1. The maximum absolute atomic E-state index is 11.8. The monoisotopic (exact) mass is 335 g/mol. The zero-order valence-electron chi connectivity index (χ0n) is 9.95. The van der Waals surface area contributed by atoms with Crippen molar-refractivity contribution in [2.24, 2.45) is 0 Å². The van der Waals surface area contributed by atoms with E-state index in [-0.39, 0.29) is 12.5 Å². The second-order valence-electron chi connectivity index (χ2n) is 3.78. The number of carbonyl (C=O) groups is 1. The maximum atomic E-state index is 11.8. The number of aliphatic hydroxyl groups is 1. The lowest BCUT2D eigenvalue weighted by Gasteiger charge is -2.10. The molecule has 2 N–H and O–H groups in total. The second-order valence-corrected chi connectivity index (χ2v) is 5.04. The molecule has 0 aliphatic carbocycles. The molecule has 1 amide bonds. The van der Waals surface area contributed by atoms with Gasteiger partial charge in [-0.1, -0.05) is 11.6 Å². The number of nitrogens with one attached hydrogen (secondary N) is 1. The molecule has 0 saturated carbocycles. The number of carbonyl (C=O) groups excluding carboxylic acids is 1. The van der Waals surface area contributed by atoms with Crippen LogP contribution in [0.5, 0.6) is 0 Å². The van der Waals surface area contributed by atoms with E-state index in [1.165, 1.54) is 7.11 Å². The van der Waals surface area contributed by atoms with Crippen LogP contribution in [0.3, 0.4) is 0 Å². The van der Waals surface area contributed by atoms with Crippen molar-refractivity contribution in [3.05, 3.63) is 33.3 Å². The summed E-state index contributed by atoms with van der Waals surface area (Å²) in [5, 5.41) is 12.7. The number of hydrogen-bond donors (Lipinski definition) is 2. The Kier molecular flexibility index (Phi) is 6.63. The summed E-state index contributed by atoms with van der Waals surface area (Å²) >= 11 is 9.10.